The normalized spacial score (nSPS) is 13.7. The summed E-state index contributed by atoms with van der Waals surface area (Å²) in [6.07, 6.45) is 2.46. The lowest BCUT2D eigenvalue weighted by molar-refractivity contribution is 0.0946. The van der Waals surface area contributed by atoms with Gasteiger partial charge in [0.05, 0.1) is 4.90 Å². The summed E-state index contributed by atoms with van der Waals surface area (Å²) >= 11 is 0. The van der Waals surface area contributed by atoms with Crippen molar-refractivity contribution in [3.8, 4) is 22.3 Å². The van der Waals surface area contributed by atoms with Crippen LogP contribution in [0.1, 0.15) is 28.4 Å². The molecule has 1 aliphatic rings. The molecule has 0 fully saturated rings. The van der Waals surface area contributed by atoms with Crippen molar-refractivity contribution in [3.63, 3.8) is 0 Å². The molecule has 166 valence electrons. The van der Waals surface area contributed by atoms with E-state index in [1.807, 2.05) is 31.2 Å². The minimum atomic E-state index is -3.52. The highest BCUT2D eigenvalue weighted by molar-refractivity contribution is 7.89. The van der Waals surface area contributed by atoms with Crippen LogP contribution in [0.5, 0.6) is 0 Å². The molecule has 0 saturated carbocycles. The molecule has 0 radical (unpaired) electrons. The number of anilines is 1. The predicted molar refractivity (Wildman–Crippen MR) is 126 cm³/mol. The maximum absolute atomic E-state index is 12.7. The summed E-state index contributed by atoms with van der Waals surface area (Å²) in [7, 11) is -1.95. The number of nitrogens with zero attached hydrogens (tertiary/aromatic N) is 2. The number of hydrogen-bond acceptors (Lipinski definition) is 5. The fraction of sp³-hybridized carbons (Fsp3) is 0.250. The number of nitrogens with two attached hydrogens (primary N) is 1. The van der Waals surface area contributed by atoms with Crippen LogP contribution < -0.4 is 11.1 Å². The molecule has 7 nitrogen and oxygen atoms in total. The topological polar surface area (TPSA) is 105 Å². The van der Waals surface area contributed by atoms with E-state index in [0.717, 1.165) is 39.8 Å². The fourth-order valence-corrected chi connectivity index (χ4v) is 5.19. The molecular formula is C24H26N4O3S. The van der Waals surface area contributed by atoms with Crippen LogP contribution in [0.3, 0.4) is 0 Å². The van der Waals surface area contributed by atoms with Gasteiger partial charge in [-0.15, -0.1) is 0 Å². The Morgan fingerprint density at radius 2 is 1.81 bits per heavy atom. The molecular weight excluding hydrogens is 424 g/mol. The second-order valence-electron chi connectivity index (χ2n) is 7.93. The smallest absolute Gasteiger partial charge is 0.251 e. The molecule has 0 bridgehead atoms. The molecule has 1 aliphatic heterocycles. The lowest BCUT2D eigenvalue weighted by atomic mass is 9.93. The first kappa shape index (κ1) is 22.0. The predicted octanol–water partition coefficient (Wildman–Crippen LogP) is 3.23. The highest BCUT2D eigenvalue weighted by atomic mass is 32.2. The fourth-order valence-electron chi connectivity index (χ4n) is 3.92. The first-order valence-electron chi connectivity index (χ1n) is 10.5. The number of carbonyl (C=O) groups is 1. The van der Waals surface area contributed by atoms with E-state index in [2.05, 4.69) is 10.3 Å². The lowest BCUT2D eigenvalue weighted by Crippen LogP contribution is -2.31. The molecule has 2 heterocycles. The summed E-state index contributed by atoms with van der Waals surface area (Å²) in [5, 5.41) is 2.85. The molecule has 4 rings (SSSR count). The Morgan fingerprint density at radius 1 is 1.06 bits per heavy atom. The molecule has 0 spiro atoms. The SMILES string of the molecule is CCN(C)S(=O)(=O)c1ccc(-c2cnc(N)c(-c3ccc4c(c3)CCNC4=O)c2)c(C)c1. The second-order valence-corrected chi connectivity index (χ2v) is 9.98. The van der Waals surface area contributed by atoms with Crippen LogP contribution in [0.25, 0.3) is 22.3 Å². The van der Waals surface area contributed by atoms with Crippen molar-refractivity contribution in [2.75, 3.05) is 25.9 Å². The molecule has 1 aromatic heterocycles. The van der Waals surface area contributed by atoms with E-state index in [0.29, 0.717) is 24.5 Å². The molecule has 32 heavy (non-hydrogen) atoms. The lowest BCUT2D eigenvalue weighted by Gasteiger charge is -2.18. The Morgan fingerprint density at radius 3 is 2.53 bits per heavy atom. The van der Waals surface area contributed by atoms with Gasteiger partial charge in [-0.1, -0.05) is 25.1 Å². The van der Waals surface area contributed by atoms with Gasteiger partial charge in [-0.05, 0) is 59.9 Å². The summed E-state index contributed by atoms with van der Waals surface area (Å²) in [6.45, 7) is 4.70. The van der Waals surface area contributed by atoms with Crippen LogP contribution in [-0.4, -0.2) is 43.8 Å². The van der Waals surface area contributed by atoms with Crippen LogP contribution in [-0.2, 0) is 16.4 Å². The Bertz CT molecular complexity index is 1320. The van der Waals surface area contributed by atoms with Gasteiger partial charge >= 0.3 is 0 Å². The first-order valence-corrected chi connectivity index (χ1v) is 11.9. The Balaban J connectivity index is 1.75. The van der Waals surface area contributed by atoms with Crippen LogP contribution in [0.2, 0.25) is 0 Å². The van der Waals surface area contributed by atoms with Crippen molar-refractivity contribution < 1.29 is 13.2 Å². The number of aryl methyl sites for hydroxylation is 1. The van der Waals surface area contributed by atoms with Crippen molar-refractivity contribution in [3.05, 3.63) is 65.4 Å². The van der Waals surface area contributed by atoms with Gasteiger partial charge in [0.2, 0.25) is 10.0 Å². The zero-order chi connectivity index (χ0) is 23.0. The standard InChI is InChI=1S/C24H26N4O3S/c1-4-28(3)32(30,31)19-6-8-20(15(2)11-19)18-13-22(23(25)27-14-18)16-5-7-21-17(12-16)9-10-26-24(21)29/h5-8,11-14H,4,9-10H2,1-3H3,(H2,25,27)(H,26,29). The van der Waals surface area contributed by atoms with E-state index < -0.39 is 10.0 Å². The number of amides is 1. The van der Waals surface area contributed by atoms with Gasteiger partial charge < -0.3 is 11.1 Å². The summed E-state index contributed by atoms with van der Waals surface area (Å²) in [6, 6.07) is 12.8. The van der Waals surface area contributed by atoms with Gasteiger partial charge in [0.25, 0.3) is 5.91 Å². The third-order valence-electron chi connectivity index (χ3n) is 5.92. The molecule has 0 saturated heterocycles. The number of sulfonamides is 1. The zero-order valence-electron chi connectivity index (χ0n) is 18.3. The highest BCUT2D eigenvalue weighted by Gasteiger charge is 2.21. The number of rotatable bonds is 5. The number of carbonyl (C=O) groups excluding carboxylic acids is 1. The van der Waals surface area contributed by atoms with Crippen LogP contribution >= 0.6 is 0 Å². The molecule has 1 amide bonds. The van der Waals surface area contributed by atoms with Crippen molar-refractivity contribution >= 4 is 21.7 Å². The largest absolute Gasteiger partial charge is 0.383 e. The quantitative estimate of drug-likeness (QED) is 0.621. The van der Waals surface area contributed by atoms with Crippen LogP contribution in [0.15, 0.2) is 53.6 Å². The number of benzene rings is 2. The van der Waals surface area contributed by atoms with Gasteiger partial charge in [-0.25, -0.2) is 17.7 Å². The van der Waals surface area contributed by atoms with Crippen molar-refractivity contribution in [1.29, 1.82) is 0 Å². The van der Waals surface area contributed by atoms with Crippen LogP contribution in [0, 0.1) is 6.92 Å². The highest BCUT2D eigenvalue weighted by Crippen LogP contribution is 2.33. The maximum atomic E-state index is 12.7. The third kappa shape index (κ3) is 3.87. The van der Waals surface area contributed by atoms with Gasteiger partial charge in [0.1, 0.15) is 5.82 Å². The average molecular weight is 451 g/mol. The number of fused-ring (bicyclic) bond motifs is 1. The molecule has 3 N–H and O–H groups in total. The summed E-state index contributed by atoms with van der Waals surface area (Å²) in [5.41, 5.74) is 12.1. The zero-order valence-corrected chi connectivity index (χ0v) is 19.2. The van der Waals surface area contributed by atoms with E-state index in [1.165, 1.54) is 4.31 Å². The monoisotopic (exact) mass is 450 g/mol. The number of nitrogen functional groups attached to an aromatic ring is 1. The van der Waals surface area contributed by atoms with Crippen LogP contribution in [0.4, 0.5) is 5.82 Å². The van der Waals surface area contributed by atoms with Gasteiger partial charge in [0.15, 0.2) is 0 Å². The minimum Gasteiger partial charge on any atom is -0.383 e. The van der Waals surface area contributed by atoms with E-state index in [-0.39, 0.29) is 10.8 Å². The maximum Gasteiger partial charge on any atom is 0.251 e. The Hall–Kier alpha value is -3.23. The number of hydrogen-bond donors (Lipinski definition) is 2. The Kier molecular flexibility index (Phi) is 5.75. The van der Waals surface area contributed by atoms with E-state index >= 15 is 0 Å². The van der Waals surface area contributed by atoms with Crippen molar-refractivity contribution in [2.24, 2.45) is 0 Å². The number of pyridine rings is 1. The summed E-state index contributed by atoms with van der Waals surface area (Å²) in [4.78, 5) is 16.7. The summed E-state index contributed by atoms with van der Waals surface area (Å²) in [5.74, 6) is 0.340. The third-order valence-corrected chi connectivity index (χ3v) is 7.85. The van der Waals surface area contributed by atoms with Gasteiger partial charge in [0, 0.05) is 43.0 Å². The Labute approximate surface area is 188 Å². The molecule has 0 aliphatic carbocycles. The number of nitrogens with one attached hydrogen (secondary N) is 1. The number of aromatic nitrogens is 1. The molecule has 0 atom stereocenters. The first-order chi connectivity index (χ1) is 15.2. The molecule has 8 heteroatoms. The van der Waals surface area contributed by atoms with Crippen molar-refractivity contribution in [2.45, 2.75) is 25.2 Å². The molecule has 0 unspecified atom stereocenters. The average Bonchev–Trinajstić information content (AvgIpc) is 2.78. The molecule has 2 aromatic carbocycles. The van der Waals surface area contributed by atoms with E-state index in [9.17, 15) is 13.2 Å². The summed E-state index contributed by atoms with van der Waals surface area (Å²) < 4.78 is 26.6. The van der Waals surface area contributed by atoms with Crippen molar-refractivity contribution in [1.82, 2.24) is 14.6 Å². The van der Waals surface area contributed by atoms with Gasteiger partial charge in [-0.2, -0.15) is 0 Å². The molecule has 3 aromatic rings. The second kappa shape index (κ2) is 8.37. The van der Waals surface area contributed by atoms with E-state index in [4.69, 9.17) is 5.73 Å². The van der Waals surface area contributed by atoms with Gasteiger partial charge in [-0.3, -0.25) is 4.79 Å². The van der Waals surface area contributed by atoms with E-state index in [1.54, 1.807) is 38.4 Å². The minimum absolute atomic E-state index is 0.0583.